The molecule has 3 rings (SSSR count). The number of rotatable bonds is 3. The van der Waals surface area contributed by atoms with Crippen molar-refractivity contribution in [2.24, 2.45) is 5.92 Å². The topological polar surface area (TPSA) is 56.8 Å². The summed E-state index contributed by atoms with van der Waals surface area (Å²) < 4.78 is 16.8. The van der Waals surface area contributed by atoms with Gasteiger partial charge in [-0.2, -0.15) is 0 Å². The van der Waals surface area contributed by atoms with Crippen LogP contribution in [-0.4, -0.2) is 50.6 Å². The van der Waals surface area contributed by atoms with Gasteiger partial charge in [-0.25, -0.2) is 0 Å². The van der Waals surface area contributed by atoms with Crippen LogP contribution in [0.4, 0.5) is 0 Å². The van der Waals surface area contributed by atoms with Crippen LogP contribution < -0.4 is 5.32 Å². The molecule has 2 saturated heterocycles. The number of nitrogens with one attached hydrogen (secondary N) is 1. The highest BCUT2D eigenvalue weighted by Crippen LogP contribution is 2.29. The Kier molecular flexibility index (Phi) is 4.05. The van der Waals surface area contributed by atoms with Crippen LogP contribution in [0.2, 0.25) is 0 Å². The third-order valence-corrected chi connectivity index (χ3v) is 4.61. The van der Waals surface area contributed by atoms with Crippen molar-refractivity contribution in [3.05, 3.63) is 0 Å². The predicted octanol–water partition coefficient (Wildman–Crippen LogP) is 0.864. The largest absolute Gasteiger partial charge is 0.376 e. The second-order valence-corrected chi connectivity index (χ2v) is 5.82. The van der Waals surface area contributed by atoms with E-state index in [4.69, 9.17) is 14.2 Å². The zero-order chi connectivity index (χ0) is 13.2. The van der Waals surface area contributed by atoms with Gasteiger partial charge in [-0.1, -0.05) is 19.3 Å². The van der Waals surface area contributed by atoms with Gasteiger partial charge in [-0.15, -0.1) is 0 Å². The van der Waals surface area contributed by atoms with Crippen molar-refractivity contribution < 1.29 is 19.0 Å². The van der Waals surface area contributed by atoms with Crippen molar-refractivity contribution >= 4 is 5.91 Å². The molecule has 4 unspecified atom stereocenters. The molecule has 2 aliphatic heterocycles. The van der Waals surface area contributed by atoms with E-state index in [1.807, 2.05) is 0 Å². The molecule has 19 heavy (non-hydrogen) atoms. The van der Waals surface area contributed by atoms with Gasteiger partial charge in [0, 0.05) is 13.0 Å². The fraction of sp³-hybridized carbons (Fsp3) is 0.929. The lowest BCUT2D eigenvalue weighted by Crippen LogP contribution is -2.46. The zero-order valence-corrected chi connectivity index (χ0v) is 11.5. The zero-order valence-electron chi connectivity index (χ0n) is 11.5. The Labute approximate surface area is 114 Å². The Morgan fingerprint density at radius 3 is 2.58 bits per heavy atom. The number of methoxy groups -OCH3 is 1. The van der Waals surface area contributed by atoms with E-state index in [-0.39, 0.29) is 36.2 Å². The summed E-state index contributed by atoms with van der Waals surface area (Å²) in [5.74, 6) is 0.367. The van der Waals surface area contributed by atoms with E-state index in [0.29, 0.717) is 13.2 Å². The molecule has 1 amide bonds. The number of fused-ring (bicyclic) bond motifs is 1. The van der Waals surface area contributed by atoms with Crippen LogP contribution in [0.1, 0.15) is 32.1 Å². The van der Waals surface area contributed by atoms with Gasteiger partial charge >= 0.3 is 0 Å². The molecule has 1 aliphatic carbocycles. The quantitative estimate of drug-likeness (QED) is 0.826. The Morgan fingerprint density at radius 2 is 1.84 bits per heavy atom. The van der Waals surface area contributed by atoms with Gasteiger partial charge in [0.1, 0.15) is 18.3 Å². The summed E-state index contributed by atoms with van der Waals surface area (Å²) >= 11 is 0. The molecule has 1 saturated carbocycles. The Morgan fingerprint density at radius 1 is 1.11 bits per heavy atom. The standard InChI is InChI=1S/C14H23NO4/c1-17-11-8-19-12-10(7-18-13(11)12)15-14(16)9-5-3-2-4-6-9/h9-13H,2-8H2,1H3,(H,15,16). The molecule has 1 N–H and O–H groups in total. The van der Waals surface area contributed by atoms with Gasteiger partial charge in [-0.3, -0.25) is 4.79 Å². The van der Waals surface area contributed by atoms with Crippen LogP contribution in [0.5, 0.6) is 0 Å². The van der Waals surface area contributed by atoms with E-state index in [1.54, 1.807) is 7.11 Å². The lowest BCUT2D eigenvalue weighted by molar-refractivity contribution is -0.127. The number of ether oxygens (including phenoxy) is 3. The summed E-state index contributed by atoms with van der Waals surface area (Å²) in [5.41, 5.74) is 0. The van der Waals surface area contributed by atoms with E-state index in [9.17, 15) is 4.79 Å². The summed E-state index contributed by atoms with van der Waals surface area (Å²) in [7, 11) is 1.67. The molecule has 5 nitrogen and oxygen atoms in total. The summed E-state index contributed by atoms with van der Waals surface area (Å²) in [4.78, 5) is 12.2. The number of carbonyl (C=O) groups is 1. The van der Waals surface area contributed by atoms with Crippen molar-refractivity contribution in [2.45, 2.75) is 56.5 Å². The summed E-state index contributed by atoms with van der Waals surface area (Å²) in [6.45, 7) is 1.09. The predicted molar refractivity (Wildman–Crippen MR) is 68.8 cm³/mol. The minimum absolute atomic E-state index is 0.00147. The maximum Gasteiger partial charge on any atom is 0.223 e. The van der Waals surface area contributed by atoms with Crippen LogP contribution in [0.15, 0.2) is 0 Å². The van der Waals surface area contributed by atoms with Gasteiger partial charge in [-0.05, 0) is 12.8 Å². The lowest BCUT2D eigenvalue weighted by atomic mass is 9.88. The van der Waals surface area contributed by atoms with Gasteiger partial charge < -0.3 is 19.5 Å². The van der Waals surface area contributed by atoms with E-state index >= 15 is 0 Å². The fourth-order valence-corrected chi connectivity index (χ4v) is 3.46. The molecular formula is C14H23NO4. The maximum atomic E-state index is 12.2. The molecule has 5 heteroatoms. The van der Waals surface area contributed by atoms with Crippen LogP contribution in [0.25, 0.3) is 0 Å². The molecule has 4 atom stereocenters. The van der Waals surface area contributed by atoms with E-state index in [0.717, 1.165) is 12.8 Å². The van der Waals surface area contributed by atoms with Gasteiger partial charge in [0.2, 0.25) is 5.91 Å². The molecule has 2 heterocycles. The number of amides is 1. The average molecular weight is 269 g/mol. The smallest absolute Gasteiger partial charge is 0.223 e. The normalized spacial score (nSPS) is 39.2. The average Bonchev–Trinajstić information content (AvgIpc) is 3.02. The fourth-order valence-electron chi connectivity index (χ4n) is 3.46. The third kappa shape index (κ3) is 2.64. The Bertz CT molecular complexity index is 329. The number of hydrogen-bond acceptors (Lipinski definition) is 4. The Balaban J connectivity index is 1.54. The third-order valence-electron chi connectivity index (χ3n) is 4.61. The lowest BCUT2D eigenvalue weighted by Gasteiger charge is -2.24. The van der Waals surface area contributed by atoms with Crippen LogP contribution in [-0.2, 0) is 19.0 Å². The van der Waals surface area contributed by atoms with Gasteiger partial charge in [0.25, 0.3) is 0 Å². The summed E-state index contributed by atoms with van der Waals surface area (Å²) in [5, 5.41) is 3.12. The highest BCUT2D eigenvalue weighted by atomic mass is 16.6. The summed E-state index contributed by atoms with van der Waals surface area (Å²) in [6.07, 6.45) is 5.59. The first-order valence-electron chi connectivity index (χ1n) is 7.36. The molecule has 0 aromatic rings. The first-order chi connectivity index (χ1) is 9.29. The molecule has 0 bridgehead atoms. The van der Waals surface area contributed by atoms with E-state index < -0.39 is 0 Å². The second-order valence-electron chi connectivity index (χ2n) is 5.82. The number of carbonyl (C=O) groups excluding carboxylic acids is 1. The molecule has 3 aliphatic rings. The Hall–Kier alpha value is -0.650. The minimum atomic E-state index is -0.0440. The molecular weight excluding hydrogens is 246 g/mol. The SMILES string of the molecule is COC1COC2C(NC(=O)C3CCCCC3)COC12. The van der Waals surface area contributed by atoms with Crippen molar-refractivity contribution in [2.75, 3.05) is 20.3 Å². The highest BCUT2D eigenvalue weighted by Gasteiger charge is 2.48. The highest BCUT2D eigenvalue weighted by molar-refractivity contribution is 5.79. The minimum Gasteiger partial charge on any atom is -0.376 e. The van der Waals surface area contributed by atoms with Crippen molar-refractivity contribution in [1.29, 1.82) is 0 Å². The van der Waals surface area contributed by atoms with Crippen LogP contribution in [0.3, 0.4) is 0 Å². The first-order valence-corrected chi connectivity index (χ1v) is 7.36. The molecule has 3 fully saturated rings. The van der Waals surface area contributed by atoms with Gasteiger partial charge in [0.05, 0.1) is 19.3 Å². The van der Waals surface area contributed by atoms with Crippen molar-refractivity contribution in [3.63, 3.8) is 0 Å². The van der Waals surface area contributed by atoms with Crippen LogP contribution in [0, 0.1) is 5.92 Å². The first kappa shape index (κ1) is 13.3. The molecule has 108 valence electrons. The molecule has 0 spiro atoms. The van der Waals surface area contributed by atoms with E-state index in [2.05, 4.69) is 5.32 Å². The monoisotopic (exact) mass is 269 g/mol. The van der Waals surface area contributed by atoms with Crippen molar-refractivity contribution in [3.8, 4) is 0 Å². The molecule has 0 aromatic carbocycles. The molecule has 0 aromatic heterocycles. The second kappa shape index (κ2) is 5.77. The van der Waals surface area contributed by atoms with Crippen molar-refractivity contribution in [1.82, 2.24) is 5.32 Å². The van der Waals surface area contributed by atoms with E-state index in [1.165, 1.54) is 19.3 Å². The van der Waals surface area contributed by atoms with Gasteiger partial charge in [0.15, 0.2) is 0 Å². The number of hydrogen-bond donors (Lipinski definition) is 1. The summed E-state index contributed by atoms with van der Waals surface area (Å²) in [6, 6.07) is -0.0143. The maximum absolute atomic E-state index is 12.2. The van der Waals surface area contributed by atoms with Crippen LogP contribution >= 0.6 is 0 Å². The molecule has 0 radical (unpaired) electrons.